The van der Waals surface area contributed by atoms with Crippen molar-refractivity contribution in [1.29, 1.82) is 0 Å². The van der Waals surface area contributed by atoms with Crippen molar-refractivity contribution in [2.75, 3.05) is 32.7 Å². The smallest absolute Gasteiger partial charge is 0.221 e. The minimum Gasteiger partial charge on any atom is -0.494 e. The molecule has 1 amide bonds. The maximum Gasteiger partial charge on any atom is 0.221 e. The molecule has 0 radical (unpaired) electrons. The molecule has 164 valence electrons. The van der Waals surface area contributed by atoms with Crippen LogP contribution in [0.5, 0.6) is 17.2 Å². The number of amides is 1. The predicted octanol–water partition coefficient (Wildman–Crippen LogP) is 3.31. The van der Waals surface area contributed by atoms with Gasteiger partial charge in [0.1, 0.15) is 12.3 Å². The Morgan fingerprint density at radius 2 is 1.83 bits per heavy atom. The minimum atomic E-state index is -0.219. The Balaban J connectivity index is 0.00000210. The first-order chi connectivity index (χ1) is 13.2. The fourth-order valence-corrected chi connectivity index (χ4v) is 3.67. The van der Waals surface area contributed by atoms with E-state index in [2.05, 4.69) is 10.6 Å². The summed E-state index contributed by atoms with van der Waals surface area (Å²) in [5.41, 5.74) is 0.979. The first-order valence-corrected chi connectivity index (χ1v) is 9.44. The van der Waals surface area contributed by atoms with Gasteiger partial charge < -0.3 is 34.7 Å². The molecule has 1 aromatic heterocycles. The van der Waals surface area contributed by atoms with Crippen LogP contribution >= 0.6 is 12.4 Å². The first-order valence-electron chi connectivity index (χ1n) is 9.44. The molecule has 1 fully saturated rings. The van der Waals surface area contributed by atoms with Crippen molar-refractivity contribution in [3.63, 3.8) is 0 Å². The zero-order valence-corrected chi connectivity index (χ0v) is 17.9. The molecule has 1 saturated carbocycles. The maximum absolute atomic E-state index is 11.7. The Morgan fingerprint density at radius 3 is 2.45 bits per heavy atom. The van der Waals surface area contributed by atoms with Crippen LogP contribution < -0.4 is 24.8 Å². The second kappa shape index (κ2) is 11.7. The molecule has 29 heavy (non-hydrogen) atoms. The Labute approximate surface area is 177 Å². The molecule has 9 heteroatoms. The van der Waals surface area contributed by atoms with Gasteiger partial charge in [-0.1, -0.05) is 19.3 Å². The third kappa shape index (κ3) is 5.68. The van der Waals surface area contributed by atoms with Crippen molar-refractivity contribution in [2.45, 2.75) is 45.1 Å². The van der Waals surface area contributed by atoms with Crippen LogP contribution in [-0.2, 0) is 4.79 Å². The third-order valence-corrected chi connectivity index (χ3v) is 4.87. The molecule has 0 saturated heterocycles. The first kappa shape index (κ1) is 24.9. The standard InChI is InChI=1S/C20H28N2O5.ClH.H2O/c1-13(23)22-16-17(24-2)15-9-11-26-18(15)20(25-3)19(16)27-12-10-21-14-7-5-4-6-8-14;;/h9,11,14,21H,4-8,10,12H2,1-3H3,(H,22,23);1H;1H2. The van der Waals surface area contributed by atoms with E-state index in [-0.39, 0.29) is 23.8 Å². The van der Waals surface area contributed by atoms with E-state index in [9.17, 15) is 4.79 Å². The van der Waals surface area contributed by atoms with Crippen LogP contribution in [0.1, 0.15) is 39.0 Å². The highest BCUT2D eigenvalue weighted by Crippen LogP contribution is 2.49. The number of furan rings is 1. The van der Waals surface area contributed by atoms with Gasteiger partial charge in [-0.05, 0) is 18.9 Å². The van der Waals surface area contributed by atoms with E-state index >= 15 is 0 Å². The molecule has 0 unspecified atom stereocenters. The second-order valence-electron chi connectivity index (χ2n) is 6.75. The van der Waals surface area contributed by atoms with E-state index in [1.54, 1.807) is 26.5 Å². The van der Waals surface area contributed by atoms with Gasteiger partial charge in [-0.3, -0.25) is 4.79 Å². The SMILES string of the molecule is COc1c(NC(C)=O)c(OCCNC2CCCCC2)c(OC)c2occc12.Cl.O. The van der Waals surface area contributed by atoms with Gasteiger partial charge in [-0.25, -0.2) is 0 Å². The van der Waals surface area contributed by atoms with Gasteiger partial charge in [0.05, 0.1) is 25.9 Å². The summed E-state index contributed by atoms with van der Waals surface area (Å²) >= 11 is 0. The summed E-state index contributed by atoms with van der Waals surface area (Å²) in [6.07, 6.45) is 7.88. The summed E-state index contributed by atoms with van der Waals surface area (Å²) in [7, 11) is 3.10. The molecule has 0 spiro atoms. The summed E-state index contributed by atoms with van der Waals surface area (Å²) in [6, 6.07) is 2.33. The number of hydrogen-bond donors (Lipinski definition) is 2. The fourth-order valence-electron chi connectivity index (χ4n) is 3.67. The van der Waals surface area contributed by atoms with Crippen molar-refractivity contribution in [2.24, 2.45) is 0 Å². The largest absolute Gasteiger partial charge is 0.494 e. The van der Waals surface area contributed by atoms with Crippen LogP contribution in [-0.4, -0.2) is 44.8 Å². The summed E-state index contributed by atoms with van der Waals surface area (Å²) < 4.78 is 22.7. The maximum atomic E-state index is 11.7. The third-order valence-electron chi connectivity index (χ3n) is 4.87. The lowest BCUT2D eigenvalue weighted by Crippen LogP contribution is -2.34. The van der Waals surface area contributed by atoms with Gasteiger partial charge in [0, 0.05) is 19.5 Å². The number of nitrogens with one attached hydrogen (secondary N) is 2. The fraction of sp³-hybridized carbons (Fsp3) is 0.550. The van der Waals surface area contributed by atoms with E-state index in [1.807, 2.05) is 0 Å². The number of anilines is 1. The molecule has 4 N–H and O–H groups in total. The molecule has 1 aliphatic rings. The molecule has 3 rings (SSSR count). The van der Waals surface area contributed by atoms with Crippen molar-refractivity contribution in [3.8, 4) is 17.2 Å². The van der Waals surface area contributed by atoms with Crippen LogP contribution in [0.3, 0.4) is 0 Å². The monoisotopic (exact) mass is 430 g/mol. The molecule has 1 aliphatic carbocycles. The highest BCUT2D eigenvalue weighted by Gasteiger charge is 2.25. The zero-order chi connectivity index (χ0) is 19.2. The molecule has 0 atom stereocenters. The number of fused-ring (bicyclic) bond motifs is 1. The van der Waals surface area contributed by atoms with Crippen LogP contribution in [0, 0.1) is 0 Å². The summed E-state index contributed by atoms with van der Waals surface area (Å²) in [5, 5.41) is 7.07. The van der Waals surface area contributed by atoms with Gasteiger partial charge in [-0.15, -0.1) is 12.4 Å². The Hall–Kier alpha value is -2.16. The lowest BCUT2D eigenvalue weighted by Gasteiger charge is -2.23. The number of carbonyl (C=O) groups is 1. The molecule has 0 aliphatic heterocycles. The van der Waals surface area contributed by atoms with Crippen molar-refractivity contribution in [1.82, 2.24) is 5.32 Å². The lowest BCUT2D eigenvalue weighted by atomic mass is 9.96. The van der Waals surface area contributed by atoms with Gasteiger partial charge in [0.25, 0.3) is 0 Å². The summed E-state index contributed by atoms with van der Waals surface area (Å²) in [6.45, 7) is 2.60. The Kier molecular flexibility index (Phi) is 10.1. The number of carbonyl (C=O) groups excluding carboxylic acids is 1. The number of hydrogen-bond acceptors (Lipinski definition) is 6. The Bertz CT molecular complexity index is 789. The van der Waals surface area contributed by atoms with Gasteiger partial charge in [-0.2, -0.15) is 0 Å². The van der Waals surface area contributed by atoms with Gasteiger partial charge >= 0.3 is 0 Å². The number of rotatable bonds is 8. The lowest BCUT2D eigenvalue weighted by molar-refractivity contribution is -0.114. The zero-order valence-electron chi connectivity index (χ0n) is 17.1. The topological polar surface area (TPSA) is 113 Å². The van der Waals surface area contributed by atoms with Crippen LogP contribution in [0.2, 0.25) is 0 Å². The molecule has 1 aromatic carbocycles. The van der Waals surface area contributed by atoms with Crippen molar-refractivity contribution in [3.05, 3.63) is 12.3 Å². The predicted molar refractivity (Wildman–Crippen MR) is 115 cm³/mol. The number of halogens is 1. The molecule has 2 aromatic rings. The van der Waals surface area contributed by atoms with E-state index in [0.29, 0.717) is 53.1 Å². The van der Waals surface area contributed by atoms with Gasteiger partial charge in [0.15, 0.2) is 17.1 Å². The summed E-state index contributed by atoms with van der Waals surface area (Å²) in [4.78, 5) is 11.7. The van der Waals surface area contributed by atoms with E-state index < -0.39 is 0 Å². The number of ether oxygens (including phenoxy) is 3. The minimum absolute atomic E-state index is 0. The average Bonchev–Trinajstić information content (AvgIpc) is 3.14. The van der Waals surface area contributed by atoms with Crippen LogP contribution in [0.15, 0.2) is 16.7 Å². The number of methoxy groups -OCH3 is 2. The molecule has 0 bridgehead atoms. The van der Waals surface area contributed by atoms with E-state index in [1.165, 1.54) is 39.0 Å². The average molecular weight is 431 g/mol. The molecule has 1 heterocycles. The highest BCUT2D eigenvalue weighted by molar-refractivity contribution is 6.03. The van der Waals surface area contributed by atoms with E-state index in [4.69, 9.17) is 18.6 Å². The summed E-state index contributed by atoms with van der Waals surface area (Å²) in [5.74, 6) is 1.13. The quantitative estimate of drug-likeness (QED) is 0.621. The van der Waals surface area contributed by atoms with Crippen molar-refractivity contribution < 1.29 is 28.9 Å². The normalized spacial score (nSPS) is 13.9. The van der Waals surface area contributed by atoms with Gasteiger partial charge in [0.2, 0.25) is 11.7 Å². The highest BCUT2D eigenvalue weighted by atomic mass is 35.5. The van der Waals surface area contributed by atoms with Crippen LogP contribution in [0.25, 0.3) is 11.0 Å². The molecular weight excluding hydrogens is 400 g/mol. The Morgan fingerprint density at radius 1 is 1.14 bits per heavy atom. The second-order valence-corrected chi connectivity index (χ2v) is 6.75. The molecular formula is C20H31ClN2O6. The number of benzene rings is 1. The molecule has 8 nitrogen and oxygen atoms in total. The van der Waals surface area contributed by atoms with Crippen LogP contribution in [0.4, 0.5) is 5.69 Å². The van der Waals surface area contributed by atoms with E-state index in [0.717, 1.165) is 0 Å². The van der Waals surface area contributed by atoms with Crippen molar-refractivity contribution >= 4 is 35.0 Å².